The fraction of sp³-hybridized carbons (Fsp3) is 0.714. The topological polar surface area (TPSA) is 46.9 Å². The van der Waals surface area contributed by atoms with Crippen LogP contribution in [0.2, 0.25) is 0 Å². The molecule has 18 heavy (non-hydrogen) atoms. The Morgan fingerprint density at radius 3 is 2.83 bits per heavy atom. The van der Waals surface area contributed by atoms with Gasteiger partial charge in [0.25, 0.3) is 5.56 Å². The van der Waals surface area contributed by atoms with Crippen LogP contribution in [0.15, 0.2) is 17.2 Å². The van der Waals surface area contributed by atoms with Crippen LogP contribution in [0.3, 0.4) is 0 Å². The Bertz CT molecular complexity index is 481. The molecule has 1 heterocycles. The average molecular weight is 247 g/mol. The fourth-order valence-corrected chi connectivity index (χ4v) is 2.79. The molecule has 4 heteroatoms. The summed E-state index contributed by atoms with van der Waals surface area (Å²) in [5.41, 5.74) is 0.458. The van der Waals surface area contributed by atoms with Crippen LogP contribution in [-0.2, 0) is 0 Å². The maximum atomic E-state index is 12.2. The highest BCUT2D eigenvalue weighted by Crippen LogP contribution is 2.43. The number of hydrogen-bond donors (Lipinski definition) is 1. The van der Waals surface area contributed by atoms with Crippen molar-refractivity contribution in [1.29, 1.82) is 0 Å². The Morgan fingerprint density at radius 1 is 1.50 bits per heavy atom. The van der Waals surface area contributed by atoms with E-state index in [0.29, 0.717) is 17.3 Å². The molecule has 1 N–H and O–H groups in total. The van der Waals surface area contributed by atoms with E-state index in [-0.39, 0.29) is 5.56 Å². The maximum absolute atomic E-state index is 12.2. The van der Waals surface area contributed by atoms with Crippen molar-refractivity contribution in [2.24, 2.45) is 5.41 Å². The van der Waals surface area contributed by atoms with Gasteiger partial charge in [-0.25, -0.2) is 4.98 Å². The largest absolute Gasteiger partial charge is 0.365 e. The standard InChI is InChI=1S/C14H21N3O/c1-2-14(6-3-7-14)10-16-12-13(18)17(9-8-15-12)11-4-5-11/h8-9,11H,2-7,10H2,1H3,(H,15,16). The number of hydrogen-bond acceptors (Lipinski definition) is 3. The molecule has 0 aromatic carbocycles. The Morgan fingerprint density at radius 2 is 2.28 bits per heavy atom. The molecule has 0 aliphatic heterocycles. The molecule has 2 saturated carbocycles. The van der Waals surface area contributed by atoms with Gasteiger partial charge < -0.3 is 9.88 Å². The summed E-state index contributed by atoms with van der Waals surface area (Å²) >= 11 is 0. The smallest absolute Gasteiger partial charge is 0.293 e. The second-order valence-electron chi connectivity index (χ2n) is 5.78. The summed E-state index contributed by atoms with van der Waals surface area (Å²) < 4.78 is 1.83. The van der Waals surface area contributed by atoms with Gasteiger partial charge in [0.15, 0.2) is 5.82 Å². The first-order valence-corrected chi connectivity index (χ1v) is 7.05. The molecule has 0 spiro atoms. The van der Waals surface area contributed by atoms with E-state index in [1.165, 1.54) is 25.7 Å². The highest BCUT2D eigenvalue weighted by molar-refractivity contribution is 5.32. The van der Waals surface area contributed by atoms with Crippen molar-refractivity contribution < 1.29 is 0 Å². The third-order valence-electron chi connectivity index (χ3n) is 4.60. The van der Waals surface area contributed by atoms with Crippen molar-refractivity contribution in [3.8, 4) is 0 Å². The molecule has 0 amide bonds. The van der Waals surface area contributed by atoms with Crippen molar-refractivity contribution in [3.05, 3.63) is 22.7 Å². The Kier molecular flexibility index (Phi) is 2.88. The summed E-state index contributed by atoms with van der Waals surface area (Å²) in [5.74, 6) is 0.532. The van der Waals surface area contributed by atoms with Crippen LogP contribution in [0.5, 0.6) is 0 Å². The molecule has 1 aromatic heterocycles. The number of nitrogens with zero attached hydrogens (tertiary/aromatic N) is 2. The minimum atomic E-state index is 0.0468. The van der Waals surface area contributed by atoms with Crippen molar-refractivity contribution in [2.75, 3.05) is 11.9 Å². The number of anilines is 1. The lowest BCUT2D eigenvalue weighted by Crippen LogP contribution is -2.37. The number of rotatable bonds is 5. The molecule has 4 nitrogen and oxygen atoms in total. The molecular formula is C14H21N3O. The molecule has 3 rings (SSSR count). The molecule has 2 fully saturated rings. The molecule has 0 radical (unpaired) electrons. The summed E-state index contributed by atoms with van der Waals surface area (Å²) in [5, 5.41) is 3.29. The SMILES string of the molecule is CCC1(CNc2nccn(C3CC3)c2=O)CCC1. The van der Waals surface area contributed by atoms with E-state index in [2.05, 4.69) is 17.2 Å². The third-order valence-corrected chi connectivity index (χ3v) is 4.60. The zero-order valence-electron chi connectivity index (χ0n) is 11.0. The van der Waals surface area contributed by atoms with Gasteiger partial charge in [0.1, 0.15) is 0 Å². The van der Waals surface area contributed by atoms with Gasteiger partial charge in [0.05, 0.1) is 0 Å². The van der Waals surface area contributed by atoms with Crippen molar-refractivity contribution >= 4 is 5.82 Å². The van der Waals surface area contributed by atoms with Gasteiger partial charge >= 0.3 is 0 Å². The Hall–Kier alpha value is -1.32. The zero-order chi connectivity index (χ0) is 12.6. The first-order chi connectivity index (χ1) is 8.74. The Labute approximate surface area is 107 Å². The minimum Gasteiger partial charge on any atom is -0.365 e. The molecule has 0 bridgehead atoms. The van der Waals surface area contributed by atoms with E-state index in [1.54, 1.807) is 6.20 Å². The van der Waals surface area contributed by atoms with E-state index in [4.69, 9.17) is 0 Å². The van der Waals surface area contributed by atoms with Crippen LogP contribution in [0.25, 0.3) is 0 Å². The maximum Gasteiger partial charge on any atom is 0.293 e. The van der Waals surface area contributed by atoms with Gasteiger partial charge in [0, 0.05) is 25.0 Å². The van der Waals surface area contributed by atoms with Crippen LogP contribution in [-0.4, -0.2) is 16.1 Å². The van der Waals surface area contributed by atoms with E-state index >= 15 is 0 Å². The van der Waals surface area contributed by atoms with Gasteiger partial charge in [-0.1, -0.05) is 13.3 Å². The number of nitrogens with one attached hydrogen (secondary N) is 1. The normalized spacial score (nSPS) is 21.4. The van der Waals surface area contributed by atoms with E-state index < -0.39 is 0 Å². The monoisotopic (exact) mass is 247 g/mol. The van der Waals surface area contributed by atoms with Crippen LogP contribution >= 0.6 is 0 Å². The Balaban J connectivity index is 1.72. The highest BCUT2D eigenvalue weighted by Gasteiger charge is 2.35. The van der Waals surface area contributed by atoms with Crippen LogP contribution < -0.4 is 10.9 Å². The molecule has 0 atom stereocenters. The fourth-order valence-electron chi connectivity index (χ4n) is 2.79. The predicted molar refractivity (Wildman–Crippen MR) is 71.8 cm³/mol. The summed E-state index contributed by atoms with van der Waals surface area (Å²) in [4.78, 5) is 16.4. The van der Waals surface area contributed by atoms with Crippen LogP contribution in [0, 0.1) is 5.41 Å². The van der Waals surface area contributed by atoms with Gasteiger partial charge in [-0.3, -0.25) is 4.79 Å². The first-order valence-electron chi connectivity index (χ1n) is 7.05. The highest BCUT2D eigenvalue weighted by atomic mass is 16.1. The zero-order valence-corrected chi connectivity index (χ0v) is 11.0. The van der Waals surface area contributed by atoms with Crippen LogP contribution in [0.4, 0.5) is 5.82 Å². The van der Waals surface area contributed by atoms with E-state index in [9.17, 15) is 4.79 Å². The first kappa shape index (κ1) is 11.8. The van der Waals surface area contributed by atoms with E-state index in [0.717, 1.165) is 19.4 Å². The third kappa shape index (κ3) is 2.04. The lowest BCUT2D eigenvalue weighted by molar-refractivity contribution is 0.145. The second-order valence-corrected chi connectivity index (χ2v) is 5.78. The molecule has 1 aromatic rings. The van der Waals surface area contributed by atoms with Crippen molar-refractivity contribution in [1.82, 2.24) is 9.55 Å². The molecule has 98 valence electrons. The predicted octanol–water partition coefficient (Wildman–Crippen LogP) is 2.57. The molecule has 2 aliphatic rings. The lowest BCUT2D eigenvalue weighted by Gasteiger charge is -2.41. The van der Waals surface area contributed by atoms with E-state index in [1.807, 2.05) is 10.8 Å². The summed E-state index contributed by atoms with van der Waals surface area (Å²) in [7, 11) is 0. The van der Waals surface area contributed by atoms with Gasteiger partial charge in [-0.2, -0.15) is 0 Å². The van der Waals surface area contributed by atoms with Crippen LogP contribution in [0.1, 0.15) is 51.5 Å². The summed E-state index contributed by atoms with van der Waals surface area (Å²) in [6.07, 6.45) is 10.9. The van der Waals surface area contributed by atoms with Gasteiger partial charge in [-0.15, -0.1) is 0 Å². The molecule has 0 unspecified atom stereocenters. The van der Waals surface area contributed by atoms with Gasteiger partial charge in [0.2, 0.25) is 0 Å². The minimum absolute atomic E-state index is 0.0468. The van der Waals surface area contributed by atoms with Crippen molar-refractivity contribution in [3.63, 3.8) is 0 Å². The summed E-state index contributed by atoms with van der Waals surface area (Å²) in [6.45, 7) is 3.13. The number of aromatic nitrogens is 2. The molecule has 2 aliphatic carbocycles. The lowest BCUT2D eigenvalue weighted by atomic mass is 9.67. The summed E-state index contributed by atoms with van der Waals surface area (Å²) in [6, 6.07) is 0.421. The second kappa shape index (κ2) is 4.41. The quantitative estimate of drug-likeness (QED) is 0.870. The molecular weight excluding hydrogens is 226 g/mol. The van der Waals surface area contributed by atoms with Gasteiger partial charge in [-0.05, 0) is 37.5 Å². The average Bonchev–Trinajstić information content (AvgIpc) is 3.14. The van der Waals surface area contributed by atoms with Crippen molar-refractivity contribution in [2.45, 2.75) is 51.5 Å². The molecule has 0 saturated heterocycles.